The molecule has 2 aromatic rings. The first-order valence-corrected chi connectivity index (χ1v) is 8.25. The molecule has 1 amide bonds. The minimum Gasteiger partial charge on any atom is -0.383 e. The van der Waals surface area contributed by atoms with E-state index in [4.69, 9.17) is 4.74 Å². The summed E-state index contributed by atoms with van der Waals surface area (Å²) in [5.41, 5.74) is 1.01. The summed E-state index contributed by atoms with van der Waals surface area (Å²) in [5.74, 6) is 0.583. The van der Waals surface area contributed by atoms with Gasteiger partial charge in [-0.25, -0.2) is 4.98 Å². The second-order valence-corrected chi connectivity index (χ2v) is 6.20. The van der Waals surface area contributed by atoms with Crippen molar-refractivity contribution in [1.29, 1.82) is 0 Å². The van der Waals surface area contributed by atoms with Crippen molar-refractivity contribution < 1.29 is 9.53 Å². The zero-order valence-electron chi connectivity index (χ0n) is 13.3. The normalized spacial score (nSPS) is 26.2. The van der Waals surface area contributed by atoms with Crippen LogP contribution in [-0.2, 0) is 4.74 Å². The molecule has 8 heteroatoms. The number of rotatable bonds is 4. The Kier molecular flexibility index (Phi) is 4.12. The zero-order chi connectivity index (χ0) is 16.4. The minimum absolute atomic E-state index is 0.0646. The van der Waals surface area contributed by atoms with E-state index in [-0.39, 0.29) is 18.1 Å². The highest BCUT2D eigenvalue weighted by molar-refractivity contribution is 5.90. The lowest BCUT2D eigenvalue weighted by Gasteiger charge is -2.38. The largest absolute Gasteiger partial charge is 0.383 e. The van der Waals surface area contributed by atoms with Gasteiger partial charge in [-0.05, 0) is 25.0 Å². The van der Waals surface area contributed by atoms with Crippen LogP contribution in [0.3, 0.4) is 0 Å². The summed E-state index contributed by atoms with van der Waals surface area (Å²) in [5, 5.41) is 9.85. The highest BCUT2D eigenvalue weighted by Crippen LogP contribution is 2.35. The summed E-state index contributed by atoms with van der Waals surface area (Å²) in [4.78, 5) is 22.6. The van der Waals surface area contributed by atoms with E-state index in [2.05, 4.69) is 25.5 Å². The molecule has 1 aliphatic heterocycles. The van der Waals surface area contributed by atoms with E-state index in [1.165, 1.54) is 6.33 Å². The van der Waals surface area contributed by atoms with Crippen molar-refractivity contribution in [2.75, 3.05) is 25.0 Å². The second kappa shape index (κ2) is 6.56. The second-order valence-electron chi connectivity index (χ2n) is 6.20. The molecule has 1 saturated carbocycles. The molecule has 4 rings (SSSR count). The first-order valence-electron chi connectivity index (χ1n) is 8.25. The van der Waals surface area contributed by atoms with E-state index in [9.17, 15) is 4.79 Å². The van der Waals surface area contributed by atoms with Crippen molar-refractivity contribution in [3.63, 3.8) is 0 Å². The minimum atomic E-state index is -0.0910. The van der Waals surface area contributed by atoms with Crippen molar-refractivity contribution >= 4 is 11.6 Å². The number of ether oxygens (including phenoxy) is 1. The Balaban J connectivity index is 1.42. The van der Waals surface area contributed by atoms with Crippen LogP contribution in [-0.4, -0.2) is 62.8 Å². The van der Waals surface area contributed by atoms with Crippen molar-refractivity contribution in [1.82, 2.24) is 25.1 Å². The number of morpholine rings is 1. The quantitative estimate of drug-likeness (QED) is 0.867. The number of carbonyl (C=O) groups excluding carboxylic acids is 1. The van der Waals surface area contributed by atoms with Gasteiger partial charge >= 0.3 is 0 Å². The number of aromatic nitrogens is 4. The highest BCUT2D eigenvalue weighted by Gasteiger charge is 2.44. The van der Waals surface area contributed by atoms with Crippen molar-refractivity contribution in [3.8, 4) is 0 Å². The summed E-state index contributed by atoms with van der Waals surface area (Å²) in [7, 11) is 0. The third kappa shape index (κ3) is 2.84. The Morgan fingerprint density at radius 3 is 3.21 bits per heavy atom. The standard InChI is InChI=1S/C16H20N6O2/c23-16(15-19-10-20-21-15)22-6-7-24-14-11(3-4-13(14)22)8-18-12-2-1-5-17-9-12/h1-2,5,9-11,13-14,18H,3-4,6-8H2,(H,19,20,21)/t11?,13-,14-/m0/s1. The van der Waals surface area contributed by atoms with E-state index in [1.807, 2.05) is 23.2 Å². The van der Waals surface area contributed by atoms with E-state index >= 15 is 0 Å². The molecule has 3 heterocycles. The summed E-state index contributed by atoms with van der Waals surface area (Å²) >= 11 is 0. The van der Waals surface area contributed by atoms with Gasteiger partial charge in [0.25, 0.3) is 5.91 Å². The molecule has 3 atom stereocenters. The van der Waals surface area contributed by atoms with Crippen LogP contribution < -0.4 is 5.32 Å². The van der Waals surface area contributed by atoms with Crippen molar-refractivity contribution in [2.45, 2.75) is 25.0 Å². The zero-order valence-corrected chi connectivity index (χ0v) is 13.3. The van der Waals surface area contributed by atoms with Crippen molar-refractivity contribution in [3.05, 3.63) is 36.7 Å². The molecule has 126 valence electrons. The SMILES string of the molecule is O=C(c1ncn[nH]1)N1CCO[C@H]2C(CNc3cccnc3)CC[C@@H]21. The predicted octanol–water partition coefficient (Wildman–Crippen LogP) is 0.931. The Morgan fingerprint density at radius 1 is 1.46 bits per heavy atom. The summed E-state index contributed by atoms with van der Waals surface area (Å²) in [6.45, 7) is 1.98. The maximum absolute atomic E-state index is 12.6. The van der Waals surface area contributed by atoms with Gasteiger partial charge in [0, 0.05) is 31.4 Å². The van der Waals surface area contributed by atoms with E-state index in [0.717, 1.165) is 25.1 Å². The number of aromatic amines is 1. The fraction of sp³-hybridized carbons (Fsp3) is 0.500. The number of amides is 1. The summed E-state index contributed by atoms with van der Waals surface area (Å²) < 4.78 is 6.00. The lowest BCUT2D eigenvalue weighted by molar-refractivity contribution is -0.0605. The average Bonchev–Trinajstić information content (AvgIpc) is 3.30. The van der Waals surface area contributed by atoms with Crippen LogP contribution in [0, 0.1) is 5.92 Å². The Hall–Kier alpha value is -2.48. The van der Waals surface area contributed by atoms with Crippen molar-refractivity contribution in [2.24, 2.45) is 5.92 Å². The Bertz CT molecular complexity index is 677. The Labute approximate surface area is 139 Å². The van der Waals surface area contributed by atoms with Crippen LogP contribution in [0.4, 0.5) is 5.69 Å². The number of carbonyl (C=O) groups is 1. The van der Waals surface area contributed by atoms with Gasteiger partial charge in [0.2, 0.25) is 5.82 Å². The number of nitrogens with zero attached hydrogens (tertiary/aromatic N) is 4. The molecular weight excluding hydrogens is 308 g/mol. The van der Waals surface area contributed by atoms with E-state index in [1.54, 1.807) is 6.20 Å². The topological polar surface area (TPSA) is 96.0 Å². The van der Waals surface area contributed by atoms with Crippen LogP contribution in [0.2, 0.25) is 0 Å². The summed E-state index contributed by atoms with van der Waals surface area (Å²) in [6, 6.07) is 4.02. The molecule has 8 nitrogen and oxygen atoms in total. The highest BCUT2D eigenvalue weighted by atomic mass is 16.5. The molecule has 2 aromatic heterocycles. The molecule has 2 aliphatic rings. The molecule has 1 aliphatic carbocycles. The van der Waals surface area contributed by atoms with Gasteiger partial charge in [-0.3, -0.25) is 14.9 Å². The Morgan fingerprint density at radius 2 is 2.42 bits per heavy atom. The lowest BCUT2D eigenvalue weighted by atomic mass is 10.0. The van der Waals surface area contributed by atoms with Crippen LogP contribution in [0.1, 0.15) is 23.5 Å². The maximum Gasteiger partial charge on any atom is 0.291 e. The molecule has 1 saturated heterocycles. The molecule has 0 radical (unpaired) electrons. The summed E-state index contributed by atoms with van der Waals surface area (Å²) in [6.07, 6.45) is 6.98. The van der Waals surface area contributed by atoms with Crippen LogP contribution in [0.25, 0.3) is 0 Å². The number of pyridine rings is 1. The molecule has 2 N–H and O–H groups in total. The van der Waals surface area contributed by atoms with Gasteiger partial charge < -0.3 is 15.0 Å². The number of hydrogen-bond acceptors (Lipinski definition) is 6. The van der Waals surface area contributed by atoms with E-state index in [0.29, 0.717) is 24.9 Å². The third-order valence-corrected chi connectivity index (χ3v) is 4.83. The van der Waals surface area contributed by atoms with Gasteiger partial charge in [0.15, 0.2) is 0 Å². The molecule has 0 spiro atoms. The first kappa shape index (κ1) is 15.1. The fourth-order valence-corrected chi connectivity index (χ4v) is 3.69. The number of nitrogens with one attached hydrogen (secondary N) is 2. The van der Waals surface area contributed by atoms with Crippen LogP contribution >= 0.6 is 0 Å². The molecular formula is C16H20N6O2. The molecule has 0 bridgehead atoms. The lowest BCUT2D eigenvalue weighted by Crippen LogP contribution is -2.53. The number of H-pyrrole nitrogens is 1. The monoisotopic (exact) mass is 328 g/mol. The molecule has 2 fully saturated rings. The van der Waals surface area contributed by atoms with Crippen LogP contribution in [0.5, 0.6) is 0 Å². The first-order chi connectivity index (χ1) is 11.8. The van der Waals surface area contributed by atoms with Gasteiger partial charge in [-0.2, -0.15) is 5.10 Å². The van der Waals surface area contributed by atoms with Crippen LogP contribution in [0.15, 0.2) is 30.9 Å². The van der Waals surface area contributed by atoms with Gasteiger partial charge in [-0.1, -0.05) is 0 Å². The van der Waals surface area contributed by atoms with E-state index < -0.39 is 0 Å². The van der Waals surface area contributed by atoms with Gasteiger partial charge in [0.1, 0.15) is 6.33 Å². The number of hydrogen-bond donors (Lipinski definition) is 2. The van der Waals surface area contributed by atoms with Gasteiger partial charge in [0.05, 0.1) is 24.4 Å². The third-order valence-electron chi connectivity index (χ3n) is 4.83. The molecule has 0 aromatic carbocycles. The number of fused-ring (bicyclic) bond motifs is 1. The fourth-order valence-electron chi connectivity index (χ4n) is 3.69. The molecule has 1 unspecified atom stereocenters. The maximum atomic E-state index is 12.6. The number of anilines is 1. The van der Waals surface area contributed by atoms with Gasteiger partial charge in [-0.15, -0.1) is 0 Å². The smallest absolute Gasteiger partial charge is 0.291 e. The predicted molar refractivity (Wildman–Crippen MR) is 86.4 cm³/mol. The molecule has 24 heavy (non-hydrogen) atoms. The average molecular weight is 328 g/mol.